The summed E-state index contributed by atoms with van der Waals surface area (Å²) >= 11 is 6.04. The van der Waals surface area contributed by atoms with Crippen molar-refractivity contribution in [3.05, 3.63) is 51.4 Å². The first-order valence-electron chi connectivity index (χ1n) is 7.22. The summed E-state index contributed by atoms with van der Waals surface area (Å²) in [6.07, 6.45) is 0. The summed E-state index contributed by atoms with van der Waals surface area (Å²) in [5.74, 6) is 1.20. The predicted molar refractivity (Wildman–Crippen MR) is 85.4 cm³/mol. The monoisotopic (exact) mass is 332 g/mol. The van der Waals surface area contributed by atoms with Gasteiger partial charge in [0.2, 0.25) is 0 Å². The molecule has 0 saturated heterocycles. The van der Waals surface area contributed by atoms with Gasteiger partial charge in [0.1, 0.15) is 0 Å². The highest BCUT2D eigenvalue weighted by molar-refractivity contribution is 6.30. The number of rotatable bonds is 5. The number of halogens is 1. The van der Waals surface area contributed by atoms with E-state index in [0.717, 1.165) is 21.8 Å². The smallest absolute Gasteiger partial charge is 0.257 e. The maximum absolute atomic E-state index is 6.04. The molecule has 0 bridgehead atoms. The quantitative estimate of drug-likeness (QED) is 0.773. The van der Waals surface area contributed by atoms with Crippen LogP contribution in [0.25, 0.3) is 5.88 Å². The van der Waals surface area contributed by atoms with Gasteiger partial charge in [-0.25, -0.2) is 0 Å². The molecule has 0 aliphatic rings. The zero-order valence-electron chi connectivity index (χ0n) is 13.2. The van der Waals surface area contributed by atoms with Crippen molar-refractivity contribution in [1.82, 2.24) is 30.7 Å². The molecule has 1 N–H and O–H groups in total. The Morgan fingerprint density at radius 1 is 1.22 bits per heavy atom. The second kappa shape index (κ2) is 6.47. The van der Waals surface area contributed by atoms with Crippen LogP contribution in [0.2, 0.25) is 5.02 Å². The van der Waals surface area contributed by atoms with Gasteiger partial charge in [0.25, 0.3) is 5.88 Å². The van der Waals surface area contributed by atoms with Gasteiger partial charge in [0, 0.05) is 17.1 Å². The fraction of sp³-hybridized carbons (Fsp3) is 0.333. The van der Waals surface area contributed by atoms with Gasteiger partial charge in [-0.1, -0.05) is 22.8 Å². The zero-order chi connectivity index (χ0) is 16.4. The maximum Gasteiger partial charge on any atom is 0.257 e. The number of nitrogens with zero attached hydrogens (tertiary/aromatic N) is 5. The molecule has 8 heteroatoms. The summed E-state index contributed by atoms with van der Waals surface area (Å²) in [4.78, 5) is 0. The molecule has 0 spiro atoms. The van der Waals surface area contributed by atoms with Crippen LogP contribution in [0.5, 0.6) is 0 Å². The Bertz CT molecular complexity index is 825. The maximum atomic E-state index is 6.04. The van der Waals surface area contributed by atoms with Gasteiger partial charge >= 0.3 is 0 Å². The van der Waals surface area contributed by atoms with Gasteiger partial charge in [-0.2, -0.15) is 4.68 Å². The second-order valence-corrected chi connectivity index (χ2v) is 5.82. The molecule has 0 fully saturated rings. The van der Waals surface area contributed by atoms with Crippen LogP contribution < -0.4 is 5.32 Å². The molecule has 3 aromatic rings. The van der Waals surface area contributed by atoms with Crippen LogP contribution in [-0.4, -0.2) is 25.4 Å². The summed E-state index contributed by atoms with van der Waals surface area (Å²) in [6.45, 7) is 7.03. The van der Waals surface area contributed by atoms with Crippen molar-refractivity contribution in [3.63, 3.8) is 0 Å². The topological polar surface area (TPSA) is 81.7 Å². The van der Waals surface area contributed by atoms with Crippen LogP contribution in [-0.2, 0) is 13.1 Å². The molecule has 2 aromatic heterocycles. The average Bonchev–Trinajstić information content (AvgIpc) is 3.11. The van der Waals surface area contributed by atoms with Crippen molar-refractivity contribution in [2.75, 3.05) is 0 Å². The molecular formula is C15H17ClN6O. The van der Waals surface area contributed by atoms with E-state index in [4.69, 9.17) is 16.1 Å². The van der Waals surface area contributed by atoms with E-state index in [0.29, 0.717) is 24.8 Å². The molecule has 0 aliphatic heterocycles. The van der Waals surface area contributed by atoms with Gasteiger partial charge in [-0.15, -0.1) is 5.10 Å². The van der Waals surface area contributed by atoms with Crippen LogP contribution in [0, 0.1) is 20.8 Å². The minimum absolute atomic E-state index is 0.498. The molecule has 0 atom stereocenters. The van der Waals surface area contributed by atoms with E-state index in [1.54, 1.807) is 4.68 Å². The summed E-state index contributed by atoms with van der Waals surface area (Å²) in [6, 6.07) is 5.84. The lowest BCUT2D eigenvalue weighted by molar-refractivity contribution is 0.388. The molecule has 7 nitrogen and oxygen atoms in total. The van der Waals surface area contributed by atoms with Crippen molar-refractivity contribution in [3.8, 4) is 5.88 Å². The Labute approximate surface area is 138 Å². The van der Waals surface area contributed by atoms with Crippen molar-refractivity contribution >= 4 is 11.6 Å². The Kier molecular flexibility index (Phi) is 4.40. The average molecular weight is 333 g/mol. The molecule has 0 amide bonds. The number of nitrogens with one attached hydrogen (secondary N) is 1. The molecule has 3 rings (SSSR count). The molecule has 23 heavy (non-hydrogen) atoms. The molecule has 0 saturated carbocycles. The molecule has 0 radical (unpaired) electrons. The highest BCUT2D eigenvalue weighted by atomic mass is 35.5. The molecule has 120 valence electrons. The van der Waals surface area contributed by atoms with E-state index in [-0.39, 0.29) is 0 Å². The minimum Gasteiger partial charge on any atom is -0.336 e. The lowest BCUT2D eigenvalue weighted by atomic mass is 10.1. The summed E-state index contributed by atoms with van der Waals surface area (Å²) in [5.41, 5.74) is 4.07. The normalized spacial score (nSPS) is 11.1. The lowest BCUT2D eigenvalue weighted by Crippen LogP contribution is -2.17. The van der Waals surface area contributed by atoms with Crippen LogP contribution in [0.4, 0.5) is 0 Å². The van der Waals surface area contributed by atoms with Crippen LogP contribution >= 0.6 is 11.6 Å². The standard InChI is InChI=1S/C15H17ClN6O/c1-9-4-5-13(16)6-12(9)7-17-8-14-18-20-21-22(14)15-10(2)11(3)19-23-15/h4-6,17H,7-8H2,1-3H3. The number of tetrazole rings is 1. The molecule has 1 aromatic carbocycles. The molecule has 0 aliphatic carbocycles. The number of aromatic nitrogens is 5. The first-order chi connectivity index (χ1) is 11.1. The predicted octanol–water partition coefficient (Wildman–Crippen LogP) is 2.52. The van der Waals surface area contributed by atoms with Gasteiger partial charge < -0.3 is 9.84 Å². The number of benzene rings is 1. The van der Waals surface area contributed by atoms with Crippen molar-refractivity contribution in [2.45, 2.75) is 33.9 Å². The SMILES string of the molecule is Cc1ccc(Cl)cc1CNCc1nnnn1-c1onc(C)c1C. The summed E-state index contributed by atoms with van der Waals surface area (Å²) < 4.78 is 6.87. The third-order valence-electron chi connectivity index (χ3n) is 3.77. The van der Waals surface area contributed by atoms with Gasteiger partial charge in [-0.3, -0.25) is 0 Å². The molecule has 2 heterocycles. The highest BCUT2D eigenvalue weighted by Crippen LogP contribution is 2.17. The Morgan fingerprint density at radius 3 is 2.78 bits per heavy atom. The van der Waals surface area contributed by atoms with Crippen molar-refractivity contribution in [2.24, 2.45) is 0 Å². The third kappa shape index (κ3) is 3.25. The Hall–Kier alpha value is -2.25. The van der Waals surface area contributed by atoms with Crippen LogP contribution in [0.15, 0.2) is 22.7 Å². The largest absolute Gasteiger partial charge is 0.336 e. The molecular weight excluding hydrogens is 316 g/mol. The third-order valence-corrected chi connectivity index (χ3v) is 4.00. The minimum atomic E-state index is 0.498. The van der Waals surface area contributed by atoms with Gasteiger partial charge in [0.05, 0.1) is 12.2 Å². The second-order valence-electron chi connectivity index (χ2n) is 5.38. The Balaban J connectivity index is 1.71. The van der Waals surface area contributed by atoms with Gasteiger partial charge in [-0.05, 0) is 54.5 Å². The van der Waals surface area contributed by atoms with E-state index in [9.17, 15) is 0 Å². The Morgan fingerprint density at radius 2 is 2.04 bits per heavy atom. The number of aryl methyl sites for hydroxylation is 2. The van der Waals surface area contributed by atoms with Crippen LogP contribution in [0.1, 0.15) is 28.2 Å². The lowest BCUT2D eigenvalue weighted by Gasteiger charge is -2.08. The van der Waals surface area contributed by atoms with Crippen LogP contribution in [0.3, 0.4) is 0 Å². The van der Waals surface area contributed by atoms with E-state index in [1.807, 2.05) is 32.0 Å². The fourth-order valence-corrected chi connectivity index (χ4v) is 2.41. The number of hydrogen-bond donors (Lipinski definition) is 1. The number of hydrogen-bond acceptors (Lipinski definition) is 6. The first kappa shape index (κ1) is 15.6. The summed E-state index contributed by atoms with van der Waals surface area (Å²) in [5, 5.41) is 19.7. The highest BCUT2D eigenvalue weighted by Gasteiger charge is 2.16. The van der Waals surface area contributed by atoms with E-state index < -0.39 is 0 Å². The van der Waals surface area contributed by atoms with Gasteiger partial charge in [0.15, 0.2) is 5.82 Å². The fourth-order valence-electron chi connectivity index (χ4n) is 2.21. The summed E-state index contributed by atoms with van der Waals surface area (Å²) in [7, 11) is 0. The van der Waals surface area contributed by atoms with E-state index in [1.165, 1.54) is 5.56 Å². The first-order valence-corrected chi connectivity index (χ1v) is 7.60. The van der Waals surface area contributed by atoms with E-state index >= 15 is 0 Å². The van der Waals surface area contributed by atoms with E-state index in [2.05, 4.69) is 32.9 Å². The molecule has 0 unspecified atom stereocenters. The zero-order valence-corrected chi connectivity index (χ0v) is 13.9. The van der Waals surface area contributed by atoms with Crippen molar-refractivity contribution in [1.29, 1.82) is 0 Å². The van der Waals surface area contributed by atoms with Crippen molar-refractivity contribution < 1.29 is 4.52 Å².